The first-order valence-electron chi connectivity index (χ1n) is 6.42. The second kappa shape index (κ2) is 4.13. The summed E-state index contributed by atoms with van der Waals surface area (Å²) in [6.07, 6.45) is 2.82. The molecule has 2 aliphatic carbocycles. The highest BCUT2D eigenvalue weighted by Gasteiger charge is 2.40. The first-order chi connectivity index (χ1) is 8.55. The molecule has 0 radical (unpaired) electrons. The summed E-state index contributed by atoms with van der Waals surface area (Å²) in [4.78, 5) is 2.05. The van der Waals surface area contributed by atoms with Crippen molar-refractivity contribution in [1.82, 2.24) is 20.2 Å². The summed E-state index contributed by atoms with van der Waals surface area (Å²) in [5.74, 6) is -1.82. The van der Waals surface area contributed by atoms with Gasteiger partial charge in [-0.25, -0.2) is 13.5 Å². The molecule has 1 aromatic heterocycles. The van der Waals surface area contributed by atoms with Gasteiger partial charge in [-0.3, -0.25) is 0 Å². The van der Waals surface area contributed by atoms with Crippen LogP contribution in [0.25, 0.3) is 0 Å². The first kappa shape index (κ1) is 11.8. The van der Waals surface area contributed by atoms with Crippen molar-refractivity contribution in [1.29, 1.82) is 0 Å². The van der Waals surface area contributed by atoms with Crippen molar-refractivity contribution in [3.05, 3.63) is 0 Å². The van der Waals surface area contributed by atoms with E-state index in [1.54, 1.807) is 4.68 Å². The summed E-state index contributed by atoms with van der Waals surface area (Å²) < 4.78 is 28.0. The molecular formula is C11H17F2N5. The molecule has 0 aromatic carbocycles. The molecule has 7 heteroatoms. The predicted molar refractivity (Wildman–Crippen MR) is 61.5 cm³/mol. The maximum absolute atomic E-state index is 13.1. The van der Waals surface area contributed by atoms with E-state index in [9.17, 15) is 8.78 Å². The van der Waals surface area contributed by atoms with Crippen LogP contribution in [-0.4, -0.2) is 39.2 Å². The van der Waals surface area contributed by atoms with Gasteiger partial charge >= 0.3 is 0 Å². The molecule has 1 aromatic rings. The van der Waals surface area contributed by atoms with E-state index >= 15 is 0 Å². The molecule has 3 rings (SSSR count). The third kappa shape index (κ3) is 2.30. The number of tetrazole rings is 1. The lowest BCUT2D eigenvalue weighted by Gasteiger charge is -2.18. The summed E-state index contributed by atoms with van der Waals surface area (Å²) in [6, 6.07) is 0.514. The molecule has 0 N–H and O–H groups in total. The lowest BCUT2D eigenvalue weighted by atomic mass is 10.1. The van der Waals surface area contributed by atoms with Crippen molar-refractivity contribution in [2.45, 2.75) is 50.6 Å². The lowest BCUT2D eigenvalue weighted by Crippen LogP contribution is -2.25. The Morgan fingerprint density at radius 1 is 1.39 bits per heavy atom. The van der Waals surface area contributed by atoms with Crippen molar-refractivity contribution in [3.8, 4) is 0 Å². The number of rotatable bonds is 4. The Kier molecular flexibility index (Phi) is 2.71. The van der Waals surface area contributed by atoms with Crippen LogP contribution in [0.2, 0.25) is 0 Å². The third-order valence-electron chi connectivity index (χ3n) is 3.86. The monoisotopic (exact) mass is 257 g/mol. The number of halogens is 2. The number of alkyl halides is 2. The van der Waals surface area contributed by atoms with Crippen molar-refractivity contribution < 1.29 is 8.78 Å². The molecule has 100 valence electrons. The van der Waals surface area contributed by atoms with Gasteiger partial charge in [-0.2, -0.15) is 0 Å². The number of hydrogen-bond donors (Lipinski definition) is 0. The van der Waals surface area contributed by atoms with Gasteiger partial charge in [0.1, 0.15) is 0 Å². The topological polar surface area (TPSA) is 46.8 Å². The van der Waals surface area contributed by atoms with E-state index in [1.807, 2.05) is 11.9 Å². The van der Waals surface area contributed by atoms with E-state index < -0.39 is 5.92 Å². The van der Waals surface area contributed by atoms with Crippen molar-refractivity contribution in [2.75, 3.05) is 11.9 Å². The normalized spacial score (nSPS) is 26.5. The maximum atomic E-state index is 13.1. The van der Waals surface area contributed by atoms with E-state index in [0.29, 0.717) is 25.0 Å². The molecule has 0 bridgehead atoms. The Hall–Kier alpha value is -1.27. The van der Waals surface area contributed by atoms with Gasteiger partial charge < -0.3 is 4.90 Å². The Morgan fingerprint density at radius 2 is 2.17 bits per heavy atom. The standard InChI is InChI=1S/C11H17F2N5/c1-17(9-2-3-9)10-14-15-16-18(10)7-8-4-5-11(12,13)6-8/h8-9H,2-7H2,1H3. The quantitative estimate of drug-likeness (QED) is 0.823. The Balaban J connectivity index is 1.68. The van der Waals surface area contributed by atoms with Crippen LogP contribution in [0.15, 0.2) is 0 Å². The number of anilines is 1. The van der Waals surface area contributed by atoms with Gasteiger partial charge in [0.15, 0.2) is 0 Å². The molecule has 2 aliphatic rings. The van der Waals surface area contributed by atoms with Gasteiger partial charge in [0.2, 0.25) is 11.9 Å². The number of hydrogen-bond acceptors (Lipinski definition) is 4. The Morgan fingerprint density at radius 3 is 2.78 bits per heavy atom. The van der Waals surface area contributed by atoms with Gasteiger partial charge in [-0.15, -0.1) is 0 Å². The van der Waals surface area contributed by atoms with Crippen molar-refractivity contribution >= 4 is 5.95 Å². The van der Waals surface area contributed by atoms with Gasteiger partial charge in [0.25, 0.3) is 0 Å². The van der Waals surface area contributed by atoms with Crippen LogP contribution < -0.4 is 4.90 Å². The van der Waals surface area contributed by atoms with Crippen molar-refractivity contribution in [2.24, 2.45) is 5.92 Å². The van der Waals surface area contributed by atoms with Crippen LogP contribution in [0.1, 0.15) is 32.1 Å². The van der Waals surface area contributed by atoms with Gasteiger partial charge in [-0.05, 0) is 35.6 Å². The number of aromatic nitrogens is 4. The van der Waals surface area contributed by atoms with E-state index in [-0.39, 0.29) is 18.8 Å². The van der Waals surface area contributed by atoms with Crippen LogP contribution in [0.4, 0.5) is 14.7 Å². The molecule has 2 saturated carbocycles. The van der Waals surface area contributed by atoms with E-state index in [0.717, 1.165) is 12.8 Å². The fraction of sp³-hybridized carbons (Fsp3) is 0.909. The second-order valence-corrected chi connectivity index (χ2v) is 5.47. The zero-order valence-corrected chi connectivity index (χ0v) is 10.4. The summed E-state index contributed by atoms with van der Waals surface area (Å²) >= 11 is 0. The lowest BCUT2D eigenvalue weighted by molar-refractivity contribution is 0.00422. The zero-order valence-electron chi connectivity index (χ0n) is 10.4. The zero-order chi connectivity index (χ0) is 12.8. The molecule has 1 heterocycles. The van der Waals surface area contributed by atoms with Crippen LogP contribution in [0, 0.1) is 5.92 Å². The maximum Gasteiger partial charge on any atom is 0.248 e. The summed E-state index contributed by atoms with van der Waals surface area (Å²) in [7, 11) is 1.96. The van der Waals surface area contributed by atoms with Gasteiger partial charge in [0.05, 0.1) is 0 Å². The van der Waals surface area contributed by atoms with E-state index in [1.165, 1.54) is 0 Å². The predicted octanol–water partition coefficient (Wildman–Crippen LogP) is 1.71. The summed E-state index contributed by atoms with van der Waals surface area (Å²) in [5, 5.41) is 11.6. The van der Waals surface area contributed by atoms with Gasteiger partial charge in [0, 0.05) is 32.5 Å². The molecular weight excluding hydrogens is 240 g/mol. The molecule has 0 amide bonds. The minimum atomic E-state index is -2.50. The molecule has 5 nitrogen and oxygen atoms in total. The van der Waals surface area contributed by atoms with Crippen molar-refractivity contribution in [3.63, 3.8) is 0 Å². The molecule has 0 spiro atoms. The fourth-order valence-electron chi connectivity index (χ4n) is 2.64. The van der Waals surface area contributed by atoms with Crippen LogP contribution in [-0.2, 0) is 6.54 Å². The Bertz CT molecular complexity index is 429. The fourth-order valence-corrected chi connectivity index (χ4v) is 2.64. The SMILES string of the molecule is CN(c1nnnn1CC1CCC(F)(F)C1)C1CC1. The van der Waals surface area contributed by atoms with Gasteiger partial charge in [-0.1, -0.05) is 5.10 Å². The highest BCUT2D eigenvalue weighted by Crippen LogP contribution is 2.39. The van der Waals surface area contributed by atoms with E-state index in [2.05, 4.69) is 15.5 Å². The van der Waals surface area contributed by atoms with Crippen LogP contribution in [0.5, 0.6) is 0 Å². The third-order valence-corrected chi connectivity index (χ3v) is 3.86. The number of nitrogens with zero attached hydrogens (tertiary/aromatic N) is 5. The van der Waals surface area contributed by atoms with E-state index in [4.69, 9.17) is 0 Å². The average molecular weight is 257 g/mol. The Labute approximate surface area is 104 Å². The van der Waals surface area contributed by atoms with Crippen LogP contribution in [0.3, 0.4) is 0 Å². The molecule has 18 heavy (non-hydrogen) atoms. The average Bonchev–Trinajstić information content (AvgIpc) is 2.97. The highest BCUT2D eigenvalue weighted by molar-refractivity contribution is 5.30. The summed E-state index contributed by atoms with van der Waals surface area (Å²) in [6.45, 7) is 0.495. The smallest absolute Gasteiger partial charge is 0.248 e. The molecule has 0 saturated heterocycles. The largest absolute Gasteiger partial charge is 0.340 e. The molecule has 2 fully saturated rings. The summed E-state index contributed by atoms with van der Waals surface area (Å²) in [5.41, 5.74) is 0. The molecule has 1 atom stereocenters. The molecule has 0 aliphatic heterocycles. The minimum Gasteiger partial charge on any atom is -0.340 e. The molecule has 1 unspecified atom stereocenters. The first-order valence-corrected chi connectivity index (χ1v) is 6.42. The minimum absolute atomic E-state index is 0.00636. The second-order valence-electron chi connectivity index (χ2n) is 5.47. The van der Waals surface area contributed by atoms with Crippen LogP contribution >= 0.6 is 0 Å². The highest BCUT2D eigenvalue weighted by atomic mass is 19.3.